The van der Waals surface area contributed by atoms with Crippen molar-refractivity contribution in [2.24, 2.45) is 0 Å². The van der Waals surface area contributed by atoms with Gasteiger partial charge in [-0.3, -0.25) is 0 Å². The van der Waals surface area contributed by atoms with E-state index in [4.69, 9.17) is 12.2 Å². The molecule has 1 aliphatic heterocycles. The van der Waals surface area contributed by atoms with Crippen molar-refractivity contribution in [3.63, 3.8) is 0 Å². The van der Waals surface area contributed by atoms with E-state index in [1.807, 2.05) is 6.07 Å². The number of benzene rings is 1. The first kappa shape index (κ1) is 8.20. The minimum Gasteiger partial charge on any atom is -0.349 e. The summed E-state index contributed by atoms with van der Waals surface area (Å²) in [4.78, 5) is 0.920. The maximum atomic E-state index is 5.16. The molecule has 0 aromatic heterocycles. The summed E-state index contributed by atoms with van der Waals surface area (Å²) in [7, 11) is 0. The second kappa shape index (κ2) is 2.82. The van der Waals surface area contributed by atoms with Gasteiger partial charge in [0.25, 0.3) is 0 Å². The van der Waals surface area contributed by atoms with Crippen LogP contribution in [0.2, 0.25) is 0 Å². The number of anilines is 1. The van der Waals surface area contributed by atoms with Gasteiger partial charge < -0.3 is 5.32 Å². The first-order chi connectivity index (χ1) is 5.68. The summed E-state index contributed by atoms with van der Waals surface area (Å²) in [6, 6.07) is 6.19. The van der Waals surface area contributed by atoms with Gasteiger partial charge in [-0.15, -0.1) is 0 Å². The fourth-order valence-electron chi connectivity index (χ4n) is 1.39. The molecule has 1 atom stereocenters. The zero-order valence-electron chi connectivity index (χ0n) is 6.60. The Labute approximate surface area is 85.3 Å². The van der Waals surface area contributed by atoms with E-state index in [2.05, 4.69) is 40.3 Å². The topological polar surface area (TPSA) is 12.0 Å². The fourth-order valence-corrected chi connectivity index (χ4v) is 2.00. The van der Waals surface area contributed by atoms with Crippen LogP contribution in [0.25, 0.3) is 0 Å². The number of thiocarbonyl (C=S) groups is 1. The molecular formula is C9H8BrNS. The third-order valence-corrected chi connectivity index (χ3v) is 3.08. The van der Waals surface area contributed by atoms with Crippen molar-refractivity contribution in [2.45, 2.75) is 12.8 Å². The normalized spacial score (nSPS) is 20.5. The number of rotatable bonds is 0. The molecule has 1 aromatic carbocycles. The molecule has 1 N–H and O–H groups in total. The SMILES string of the molecule is CC1C(=S)Nc2ccc(Br)cc21. The molecule has 1 aliphatic rings. The van der Waals surface area contributed by atoms with Gasteiger partial charge >= 0.3 is 0 Å². The highest BCUT2D eigenvalue weighted by Crippen LogP contribution is 2.34. The van der Waals surface area contributed by atoms with Crippen molar-refractivity contribution in [1.29, 1.82) is 0 Å². The van der Waals surface area contributed by atoms with Gasteiger partial charge in [0.1, 0.15) is 0 Å². The Morgan fingerprint density at radius 3 is 3.00 bits per heavy atom. The minimum atomic E-state index is 0.354. The highest BCUT2D eigenvalue weighted by Gasteiger charge is 2.22. The van der Waals surface area contributed by atoms with Crippen LogP contribution in [0.1, 0.15) is 18.4 Å². The van der Waals surface area contributed by atoms with Crippen molar-refractivity contribution in [3.05, 3.63) is 28.2 Å². The maximum absolute atomic E-state index is 5.16. The largest absolute Gasteiger partial charge is 0.349 e. The third kappa shape index (κ3) is 1.17. The van der Waals surface area contributed by atoms with E-state index in [0.29, 0.717) is 5.92 Å². The number of hydrogen-bond donors (Lipinski definition) is 1. The van der Waals surface area contributed by atoms with E-state index in [-0.39, 0.29) is 0 Å². The van der Waals surface area contributed by atoms with Crippen LogP contribution in [0.3, 0.4) is 0 Å². The van der Waals surface area contributed by atoms with Gasteiger partial charge in [0, 0.05) is 16.1 Å². The molecule has 1 unspecified atom stereocenters. The second-order valence-electron chi connectivity index (χ2n) is 2.94. The number of halogens is 1. The van der Waals surface area contributed by atoms with Crippen molar-refractivity contribution in [2.75, 3.05) is 5.32 Å². The zero-order chi connectivity index (χ0) is 8.72. The lowest BCUT2D eigenvalue weighted by Crippen LogP contribution is -2.05. The smallest absolute Gasteiger partial charge is 0.0871 e. The predicted octanol–water partition coefficient (Wildman–Crippen LogP) is 3.31. The summed E-state index contributed by atoms with van der Waals surface area (Å²) in [6.45, 7) is 2.12. The Morgan fingerprint density at radius 2 is 2.25 bits per heavy atom. The molecule has 1 aromatic rings. The van der Waals surface area contributed by atoms with E-state index in [1.54, 1.807) is 0 Å². The van der Waals surface area contributed by atoms with Crippen molar-refractivity contribution < 1.29 is 0 Å². The monoisotopic (exact) mass is 241 g/mol. The van der Waals surface area contributed by atoms with Gasteiger partial charge in [0.2, 0.25) is 0 Å². The number of hydrogen-bond acceptors (Lipinski definition) is 1. The Balaban J connectivity index is 2.55. The Bertz CT molecular complexity index is 348. The van der Waals surface area contributed by atoms with Gasteiger partial charge in [-0.2, -0.15) is 0 Å². The Morgan fingerprint density at radius 1 is 1.50 bits per heavy atom. The van der Waals surface area contributed by atoms with Crippen LogP contribution < -0.4 is 5.32 Å². The Hall–Kier alpha value is -0.410. The minimum absolute atomic E-state index is 0.354. The lowest BCUT2D eigenvalue weighted by atomic mass is 10.0. The molecule has 0 amide bonds. The molecule has 0 bridgehead atoms. The van der Waals surface area contributed by atoms with Crippen LogP contribution in [0.5, 0.6) is 0 Å². The summed E-state index contributed by atoms with van der Waals surface area (Å²) >= 11 is 8.60. The predicted molar refractivity (Wildman–Crippen MR) is 58.8 cm³/mol. The molecule has 0 saturated carbocycles. The van der Waals surface area contributed by atoms with Crippen molar-refractivity contribution in [1.82, 2.24) is 0 Å². The second-order valence-corrected chi connectivity index (χ2v) is 4.30. The summed E-state index contributed by atoms with van der Waals surface area (Å²) in [5.74, 6) is 0.354. The lowest BCUT2D eigenvalue weighted by Gasteiger charge is -2.01. The maximum Gasteiger partial charge on any atom is 0.0871 e. The van der Waals surface area contributed by atoms with Gasteiger partial charge in [-0.25, -0.2) is 0 Å². The average molecular weight is 242 g/mol. The molecule has 0 spiro atoms. The van der Waals surface area contributed by atoms with Crippen LogP contribution in [0.4, 0.5) is 5.69 Å². The molecule has 12 heavy (non-hydrogen) atoms. The molecule has 0 saturated heterocycles. The van der Waals surface area contributed by atoms with Crippen LogP contribution in [0.15, 0.2) is 22.7 Å². The Kier molecular flexibility index (Phi) is 1.93. The standard InChI is InChI=1S/C9H8BrNS/c1-5-7-4-6(10)2-3-8(7)11-9(5)12/h2-5H,1H3,(H,11,12). The van der Waals surface area contributed by atoms with Crippen LogP contribution in [-0.2, 0) is 0 Å². The van der Waals surface area contributed by atoms with Crippen LogP contribution >= 0.6 is 28.1 Å². The number of fused-ring (bicyclic) bond motifs is 1. The van der Waals surface area contributed by atoms with Crippen molar-refractivity contribution in [3.8, 4) is 0 Å². The lowest BCUT2D eigenvalue weighted by molar-refractivity contribution is 1.07. The summed E-state index contributed by atoms with van der Waals surface area (Å²) < 4.78 is 1.11. The summed E-state index contributed by atoms with van der Waals surface area (Å²) in [5.41, 5.74) is 2.44. The van der Waals surface area contributed by atoms with Crippen LogP contribution in [-0.4, -0.2) is 4.99 Å². The first-order valence-electron chi connectivity index (χ1n) is 3.79. The summed E-state index contributed by atoms with van der Waals surface area (Å²) in [6.07, 6.45) is 0. The van der Waals surface area contributed by atoms with Gasteiger partial charge in [0.15, 0.2) is 0 Å². The molecule has 1 heterocycles. The molecule has 3 heteroatoms. The van der Waals surface area contributed by atoms with Crippen molar-refractivity contribution >= 4 is 38.8 Å². The van der Waals surface area contributed by atoms with E-state index < -0.39 is 0 Å². The fraction of sp³-hybridized carbons (Fsp3) is 0.222. The van der Waals surface area contributed by atoms with E-state index in [1.165, 1.54) is 5.56 Å². The van der Waals surface area contributed by atoms with Crippen LogP contribution in [0, 0.1) is 0 Å². The van der Waals surface area contributed by atoms with Gasteiger partial charge in [-0.1, -0.05) is 35.1 Å². The molecule has 1 nitrogen and oxygen atoms in total. The highest BCUT2D eigenvalue weighted by atomic mass is 79.9. The molecule has 2 rings (SSSR count). The zero-order valence-corrected chi connectivity index (χ0v) is 9.00. The molecular weight excluding hydrogens is 234 g/mol. The van der Waals surface area contributed by atoms with E-state index in [9.17, 15) is 0 Å². The molecule has 0 radical (unpaired) electrons. The first-order valence-corrected chi connectivity index (χ1v) is 4.99. The van der Waals surface area contributed by atoms with E-state index in [0.717, 1.165) is 15.1 Å². The highest BCUT2D eigenvalue weighted by molar-refractivity contribution is 9.10. The average Bonchev–Trinajstić information content (AvgIpc) is 2.31. The molecule has 0 aliphatic carbocycles. The molecule has 0 fully saturated rings. The summed E-state index contributed by atoms with van der Waals surface area (Å²) in [5, 5.41) is 3.18. The van der Waals surface area contributed by atoms with Gasteiger partial charge in [-0.05, 0) is 23.8 Å². The third-order valence-electron chi connectivity index (χ3n) is 2.13. The quantitative estimate of drug-likeness (QED) is 0.700. The van der Waals surface area contributed by atoms with E-state index >= 15 is 0 Å². The number of nitrogens with one attached hydrogen (secondary N) is 1. The van der Waals surface area contributed by atoms with Gasteiger partial charge in [0.05, 0.1) is 4.99 Å². The molecule has 62 valence electrons.